The Morgan fingerprint density at radius 2 is 2.00 bits per heavy atom. The van der Waals surface area contributed by atoms with Crippen molar-refractivity contribution >= 4 is 5.91 Å². The second kappa shape index (κ2) is 4.69. The third-order valence-electron chi connectivity index (χ3n) is 4.41. The largest absolute Gasteiger partial charge is 0.381 e. The molecule has 4 heteroatoms. The van der Waals surface area contributed by atoms with Crippen molar-refractivity contribution < 1.29 is 9.53 Å². The first kappa shape index (κ1) is 11.7. The van der Waals surface area contributed by atoms with E-state index in [4.69, 9.17) is 4.74 Å². The number of amides is 1. The summed E-state index contributed by atoms with van der Waals surface area (Å²) in [7, 11) is 0. The van der Waals surface area contributed by atoms with Crippen LogP contribution in [0.15, 0.2) is 24.5 Å². The zero-order valence-corrected chi connectivity index (χ0v) is 10.4. The summed E-state index contributed by atoms with van der Waals surface area (Å²) in [6.07, 6.45) is 7.77. The predicted octanol–water partition coefficient (Wildman–Crippen LogP) is 1.77. The van der Waals surface area contributed by atoms with Crippen LogP contribution in [0.3, 0.4) is 0 Å². The molecule has 96 valence electrons. The molecule has 1 spiro atoms. The highest BCUT2D eigenvalue weighted by Crippen LogP contribution is 2.48. The molecule has 2 heterocycles. The lowest BCUT2D eigenvalue weighted by Crippen LogP contribution is -2.57. The van der Waals surface area contributed by atoms with Gasteiger partial charge in [0.25, 0.3) is 5.91 Å². The van der Waals surface area contributed by atoms with Gasteiger partial charge < -0.3 is 10.1 Å². The number of nitrogens with zero attached hydrogens (tertiary/aromatic N) is 1. The van der Waals surface area contributed by atoms with Crippen LogP contribution in [0.4, 0.5) is 0 Å². The Kier molecular flexibility index (Phi) is 3.04. The number of carbonyl (C=O) groups excluding carboxylic acids is 1. The van der Waals surface area contributed by atoms with Gasteiger partial charge in [0.2, 0.25) is 0 Å². The molecule has 3 rings (SSSR count). The van der Waals surface area contributed by atoms with E-state index in [1.54, 1.807) is 24.5 Å². The summed E-state index contributed by atoms with van der Waals surface area (Å²) in [5.74, 6) is 0.0213. The van der Waals surface area contributed by atoms with Gasteiger partial charge in [0, 0.05) is 37.2 Å². The molecule has 1 saturated carbocycles. The highest BCUT2D eigenvalue weighted by molar-refractivity contribution is 5.94. The normalized spacial score (nSPS) is 25.4. The molecule has 0 bridgehead atoms. The Morgan fingerprint density at radius 3 is 2.61 bits per heavy atom. The molecular weight excluding hydrogens is 228 g/mol. The van der Waals surface area contributed by atoms with Crippen LogP contribution in [0.2, 0.25) is 0 Å². The van der Waals surface area contributed by atoms with Crippen LogP contribution in [-0.4, -0.2) is 30.1 Å². The van der Waals surface area contributed by atoms with Gasteiger partial charge in [-0.25, -0.2) is 0 Å². The molecule has 4 nitrogen and oxygen atoms in total. The zero-order valence-electron chi connectivity index (χ0n) is 10.4. The Hall–Kier alpha value is -1.42. The number of ether oxygens (including phenoxy) is 1. The Balaban J connectivity index is 1.65. The summed E-state index contributed by atoms with van der Waals surface area (Å²) >= 11 is 0. The van der Waals surface area contributed by atoms with Gasteiger partial charge in [-0.3, -0.25) is 9.78 Å². The van der Waals surface area contributed by atoms with E-state index in [0.29, 0.717) is 17.0 Å². The van der Waals surface area contributed by atoms with Gasteiger partial charge in [-0.2, -0.15) is 0 Å². The van der Waals surface area contributed by atoms with Crippen molar-refractivity contribution in [3.05, 3.63) is 30.1 Å². The smallest absolute Gasteiger partial charge is 0.251 e. The van der Waals surface area contributed by atoms with E-state index in [0.717, 1.165) is 32.5 Å². The van der Waals surface area contributed by atoms with Crippen molar-refractivity contribution in [3.63, 3.8) is 0 Å². The fourth-order valence-electron chi connectivity index (χ4n) is 3.04. The molecule has 1 atom stereocenters. The lowest BCUT2D eigenvalue weighted by Gasteiger charge is -2.52. The summed E-state index contributed by atoms with van der Waals surface area (Å²) in [6.45, 7) is 1.67. The van der Waals surface area contributed by atoms with Crippen molar-refractivity contribution in [1.82, 2.24) is 10.3 Å². The molecule has 1 aromatic rings. The van der Waals surface area contributed by atoms with Gasteiger partial charge in [0.15, 0.2) is 0 Å². The standard InChI is InChI=1S/C14H18N2O2/c17-13(11-2-7-15-8-3-11)16-12-1-4-14(12)5-9-18-10-6-14/h2-3,7-8,12H,1,4-6,9-10H2,(H,16,17). The summed E-state index contributed by atoms with van der Waals surface area (Å²) < 4.78 is 5.42. The number of nitrogens with one attached hydrogen (secondary N) is 1. The van der Waals surface area contributed by atoms with Crippen LogP contribution in [0.1, 0.15) is 36.0 Å². The predicted molar refractivity (Wildman–Crippen MR) is 67.2 cm³/mol. The Bertz CT molecular complexity index is 427. The molecular formula is C14H18N2O2. The van der Waals surface area contributed by atoms with Gasteiger partial charge in [0.1, 0.15) is 0 Å². The maximum absolute atomic E-state index is 12.1. The number of hydrogen-bond acceptors (Lipinski definition) is 3. The maximum Gasteiger partial charge on any atom is 0.251 e. The van der Waals surface area contributed by atoms with Crippen molar-refractivity contribution in [2.75, 3.05) is 13.2 Å². The maximum atomic E-state index is 12.1. The van der Waals surface area contributed by atoms with Gasteiger partial charge in [-0.05, 0) is 43.2 Å². The summed E-state index contributed by atoms with van der Waals surface area (Å²) in [6, 6.07) is 3.83. The van der Waals surface area contributed by atoms with E-state index in [2.05, 4.69) is 10.3 Å². The molecule has 2 aliphatic rings. The van der Waals surface area contributed by atoms with Gasteiger partial charge in [-0.1, -0.05) is 0 Å². The first-order chi connectivity index (χ1) is 8.80. The molecule has 2 fully saturated rings. The second-order valence-electron chi connectivity index (χ2n) is 5.28. The van der Waals surface area contributed by atoms with Crippen LogP contribution in [-0.2, 0) is 4.74 Å². The minimum Gasteiger partial charge on any atom is -0.381 e. The van der Waals surface area contributed by atoms with Gasteiger partial charge in [0.05, 0.1) is 0 Å². The van der Waals surface area contributed by atoms with Gasteiger partial charge >= 0.3 is 0 Å². The zero-order chi connectivity index (χ0) is 12.4. The van der Waals surface area contributed by atoms with Crippen LogP contribution >= 0.6 is 0 Å². The van der Waals surface area contributed by atoms with Crippen molar-refractivity contribution in [3.8, 4) is 0 Å². The SMILES string of the molecule is O=C(NC1CCC12CCOCC2)c1ccncc1. The van der Waals surface area contributed by atoms with Crippen molar-refractivity contribution in [2.24, 2.45) is 5.41 Å². The minimum atomic E-state index is 0.0213. The molecule has 1 aromatic heterocycles. The van der Waals surface area contributed by atoms with E-state index in [-0.39, 0.29) is 5.91 Å². The van der Waals surface area contributed by atoms with Crippen molar-refractivity contribution in [2.45, 2.75) is 31.7 Å². The lowest BCUT2D eigenvalue weighted by molar-refractivity contribution is -0.0523. The molecule has 18 heavy (non-hydrogen) atoms. The highest BCUT2D eigenvalue weighted by Gasteiger charge is 2.47. The van der Waals surface area contributed by atoms with Crippen LogP contribution < -0.4 is 5.32 Å². The van der Waals surface area contributed by atoms with Crippen molar-refractivity contribution in [1.29, 1.82) is 0 Å². The third kappa shape index (κ3) is 2.01. The van der Waals surface area contributed by atoms with Crippen LogP contribution in [0.5, 0.6) is 0 Å². The first-order valence-electron chi connectivity index (χ1n) is 6.59. The van der Waals surface area contributed by atoms with E-state index in [9.17, 15) is 4.79 Å². The number of rotatable bonds is 2. The molecule has 1 aliphatic carbocycles. The lowest BCUT2D eigenvalue weighted by atomic mass is 9.60. The molecule has 1 amide bonds. The quantitative estimate of drug-likeness (QED) is 0.865. The van der Waals surface area contributed by atoms with E-state index >= 15 is 0 Å². The fourth-order valence-corrected chi connectivity index (χ4v) is 3.04. The molecule has 0 radical (unpaired) electrons. The van der Waals surface area contributed by atoms with Crippen LogP contribution in [0.25, 0.3) is 0 Å². The van der Waals surface area contributed by atoms with Gasteiger partial charge in [-0.15, -0.1) is 0 Å². The average molecular weight is 246 g/mol. The summed E-state index contributed by atoms with van der Waals surface area (Å²) in [5.41, 5.74) is 1.00. The molecule has 1 aliphatic heterocycles. The van der Waals surface area contributed by atoms with E-state index < -0.39 is 0 Å². The number of pyridine rings is 1. The Morgan fingerprint density at radius 1 is 1.28 bits per heavy atom. The number of carbonyl (C=O) groups is 1. The number of hydrogen-bond donors (Lipinski definition) is 1. The summed E-state index contributed by atoms with van der Waals surface area (Å²) in [5, 5.41) is 3.17. The monoisotopic (exact) mass is 246 g/mol. The summed E-state index contributed by atoms with van der Waals surface area (Å²) in [4.78, 5) is 16.0. The molecule has 1 N–H and O–H groups in total. The third-order valence-corrected chi connectivity index (χ3v) is 4.41. The van der Waals surface area contributed by atoms with E-state index in [1.807, 2.05) is 0 Å². The van der Waals surface area contributed by atoms with E-state index in [1.165, 1.54) is 6.42 Å². The second-order valence-corrected chi connectivity index (χ2v) is 5.28. The Labute approximate surface area is 107 Å². The van der Waals surface area contributed by atoms with Crippen LogP contribution in [0, 0.1) is 5.41 Å². The minimum absolute atomic E-state index is 0.0213. The number of aromatic nitrogens is 1. The first-order valence-corrected chi connectivity index (χ1v) is 6.59. The molecule has 1 saturated heterocycles. The topological polar surface area (TPSA) is 51.2 Å². The molecule has 0 aromatic carbocycles. The molecule has 1 unspecified atom stereocenters. The fraction of sp³-hybridized carbons (Fsp3) is 0.571. The average Bonchev–Trinajstić information content (AvgIpc) is 2.45. The highest BCUT2D eigenvalue weighted by atomic mass is 16.5.